The predicted octanol–water partition coefficient (Wildman–Crippen LogP) is 2.99. The summed E-state index contributed by atoms with van der Waals surface area (Å²) >= 11 is 2.04. The number of piperidine rings is 1. The third kappa shape index (κ3) is 3.55. The van der Waals surface area contributed by atoms with Crippen molar-refractivity contribution in [2.45, 2.75) is 32.4 Å². The SMILES string of the molecule is Cc1ccc(C(N)N2CCSCC2)c(N2CCCCC2)c1. The Hall–Kier alpha value is -0.710. The third-order valence-corrected chi connectivity index (χ3v) is 5.58. The summed E-state index contributed by atoms with van der Waals surface area (Å²) < 4.78 is 0. The molecule has 2 fully saturated rings. The van der Waals surface area contributed by atoms with Crippen LogP contribution in [0.2, 0.25) is 0 Å². The first kappa shape index (κ1) is 15.2. The summed E-state index contributed by atoms with van der Waals surface area (Å²) in [6.07, 6.45) is 4.03. The predicted molar refractivity (Wildman–Crippen MR) is 93.1 cm³/mol. The van der Waals surface area contributed by atoms with E-state index in [-0.39, 0.29) is 6.17 Å². The van der Waals surface area contributed by atoms with Crippen LogP contribution in [0.25, 0.3) is 0 Å². The van der Waals surface area contributed by atoms with Crippen LogP contribution in [-0.4, -0.2) is 42.6 Å². The molecule has 0 bridgehead atoms. The zero-order valence-electron chi connectivity index (χ0n) is 13.1. The average Bonchev–Trinajstić information content (AvgIpc) is 2.56. The van der Waals surface area contributed by atoms with Gasteiger partial charge >= 0.3 is 0 Å². The minimum atomic E-state index is 0.0448. The summed E-state index contributed by atoms with van der Waals surface area (Å²) in [7, 11) is 0. The Morgan fingerprint density at radius 1 is 1.05 bits per heavy atom. The topological polar surface area (TPSA) is 32.5 Å². The van der Waals surface area contributed by atoms with Crippen LogP contribution in [0.5, 0.6) is 0 Å². The smallest absolute Gasteiger partial charge is 0.0856 e. The highest BCUT2D eigenvalue weighted by molar-refractivity contribution is 7.99. The van der Waals surface area contributed by atoms with Crippen LogP contribution >= 0.6 is 11.8 Å². The monoisotopic (exact) mass is 305 g/mol. The van der Waals surface area contributed by atoms with E-state index in [2.05, 4.69) is 34.9 Å². The lowest BCUT2D eigenvalue weighted by Gasteiger charge is -2.36. The highest BCUT2D eigenvalue weighted by Gasteiger charge is 2.23. The summed E-state index contributed by atoms with van der Waals surface area (Å²) in [4.78, 5) is 4.99. The molecule has 2 aliphatic heterocycles. The number of nitrogens with two attached hydrogens (primary N) is 1. The molecule has 3 rings (SSSR count). The maximum atomic E-state index is 6.62. The fraction of sp³-hybridized carbons (Fsp3) is 0.647. The highest BCUT2D eigenvalue weighted by Crippen LogP contribution is 2.31. The lowest BCUT2D eigenvalue weighted by Crippen LogP contribution is -2.41. The van der Waals surface area contributed by atoms with Gasteiger partial charge in [-0.15, -0.1) is 0 Å². The number of thioether (sulfide) groups is 1. The molecule has 116 valence electrons. The Bertz CT molecular complexity index is 465. The van der Waals surface area contributed by atoms with E-state index in [0.717, 1.165) is 13.1 Å². The normalized spacial score (nSPS) is 22.3. The molecule has 0 aliphatic carbocycles. The van der Waals surface area contributed by atoms with Gasteiger partial charge in [0.1, 0.15) is 0 Å². The zero-order valence-corrected chi connectivity index (χ0v) is 13.9. The van der Waals surface area contributed by atoms with Crippen molar-refractivity contribution in [1.29, 1.82) is 0 Å². The number of aryl methyl sites for hydroxylation is 1. The van der Waals surface area contributed by atoms with E-state index in [9.17, 15) is 0 Å². The number of anilines is 1. The summed E-state index contributed by atoms with van der Waals surface area (Å²) in [5.74, 6) is 2.41. The first-order valence-electron chi connectivity index (χ1n) is 8.18. The van der Waals surface area contributed by atoms with Gasteiger partial charge in [0.05, 0.1) is 6.17 Å². The molecule has 0 spiro atoms. The molecule has 2 heterocycles. The third-order valence-electron chi connectivity index (χ3n) is 4.64. The molecular formula is C17H27N3S. The van der Waals surface area contributed by atoms with E-state index in [0.29, 0.717) is 0 Å². The number of hydrogen-bond acceptors (Lipinski definition) is 4. The molecule has 2 N–H and O–H groups in total. The molecule has 21 heavy (non-hydrogen) atoms. The highest BCUT2D eigenvalue weighted by atomic mass is 32.2. The van der Waals surface area contributed by atoms with E-state index in [1.165, 1.54) is 60.7 Å². The van der Waals surface area contributed by atoms with E-state index in [1.54, 1.807) is 0 Å². The van der Waals surface area contributed by atoms with Gasteiger partial charge in [0.2, 0.25) is 0 Å². The number of nitrogens with zero attached hydrogens (tertiary/aromatic N) is 2. The quantitative estimate of drug-likeness (QED) is 0.930. The minimum absolute atomic E-state index is 0.0448. The molecule has 1 unspecified atom stereocenters. The van der Waals surface area contributed by atoms with E-state index >= 15 is 0 Å². The van der Waals surface area contributed by atoms with Gasteiger partial charge in [-0.25, -0.2) is 0 Å². The van der Waals surface area contributed by atoms with Crippen molar-refractivity contribution in [2.75, 3.05) is 42.6 Å². The van der Waals surface area contributed by atoms with Crippen molar-refractivity contribution in [3.8, 4) is 0 Å². The van der Waals surface area contributed by atoms with Crippen molar-refractivity contribution in [1.82, 2.24) is 4.90 Å². The summed E-state index contributed by atoms with van der Waals surface area (Å²) in [5.41, 5.74) is 10.6. The maximum absolute atomic E-state index is 6.62. The molecule has 1 aromatic carbocycles. The van der Waals surface area contributed by atoms with Gasteiger partial charge in [-0.3, -0.25) is 4.90 Å². The Morgan fingerprint density at radius 2 is 1.76 bits per heavy atom. The average molecular weight is 305 g/mol. The van der Waals surface area contributed by atoms with E-state index in [4.69, 9.17) is 5.73 Å². The lowest BCUT2D eigenvalue weighted by atomic mass is 10.0. The molecule has 4 heteroatoms. The molecule has 2 saturated heterocycles. The summed E-state index contributed by atoms with van der Waals surface area (Å²) in [6, 6.07) is 6.80. The van der Waals surface area contributed by atoms with Gasteiger partial charge in [0.25, 0.3) is 0 Å². The van der Waals surface area contributed by atoms with Gasteiger partial charge in [-0.05, 0) is 37.8 Å². The first-order valence-corrected chi connectivity index (χ1v) is 9.34. The second-order valence-corrected chi connectivity index (χ2v) is 7.43. The van der Waals surface area contributed by atoms with Crippen molar-refractivity contribution in [3.05, 3.63) is 29.3 Å². The van der Waals surface area contributed by atoms with Gasteiger partial charge in [0, 0.05) is 48.9 Å². The van der Waals surface area contributed by atoms with Crippen LogP contribution in [0.3, 0.4) is 0 Å². The second-order valence-electron chi connectivity index (χ2n) is 6.20. The largest absolute Gasteiger partial charge is 0.371 e. The summed E-state index contributed by atoms with van der Waals surface area (Å²) in [6.45, 7) is 6.76. The lowest BCUT2D eigenvalue weighted by molar-refractivity contribution is 0.223. The molecule has 0 aromatic heterocycles. The molecule has 0 saturated carbocycles. The molecule has 1 atom stereocenters. The molecular weight excluding hydrogens is 278 g/mol. The van der Waals surface area contributed by atoms with Gasteiger partial charge in [-0.2, -0.15) is 11.8 Å². The Kier molecular flexibility index (Phi) is 5.09. The fourth-order valence-corrected chi connectivity index (χ4v) is 4.30. The second kappa shape index (κ2) is 7.03. The van der Waals surface area contributed by atoms with E-state index < -0.39 is 0 Å². The van der Waals surface area contributed by atoms with Crippen molar-refractivity contribution in [2.24, 2.45) is 5.73 Å². The van der Waals surface area contributed by atoms with Crippen molar-refractivity contribution in [3.63, 3.8) is 0 Å². The number of benzene rings is 1. The first-order chi connectivity index (χ1) is 10.3. The molecule has 3 nitrogen and oxygen atoms in total. The minimum Gasteiger partial charge on any atom is -0.371 e. The molecule has 2 aliphatic rings. The molecule has 0 radical (unpaired) electrons. The molecule has 1 aromatic rings. The van der Waals surface area contributed by atoms with Crippen molar-refractivity contribution < 1.29 is 0 Å². The standard InChI is InChI=1S/C17H27N3S/c1-14-5-6-15(17(18)20-9-11-21-12-10-20)16(13-14)19-7-3-2-4-8-19/h5-6,13,17H,2-4,7-12,18H2,1H3. The van der Waals surface area contributed by atoms with Crippen LogP contribution < -0.4 is 10.6 Å². The van der Waals surface area contributed by atoms with Crippen LogP contribution in [-0.2, 0) is 0 Å². The van der Waals surface area contributed by atoms with Crippen LogP contribution in [0.4, 0.5) is 5.69 Å². The van der Waals surface area contributed by atoms with Crippen LogP contribution in [0.1, 0.15) is 36.6 Å². The van der Waals surface area contributed by atoms with Crippen molar-refractivity contribution >= 4 is 17.4 Å². The molecule has 0 amide bonds. The number of rotatable bonds is 3. The van der Waals surface area contributed by atoms with E-state index in [1.807, 2.05) is 11.8 Å². The fourth-order valence-electron chi connectivity index (χ4n) is 3.36. The van der Waals surface area contributed by atoms with Crippen LogP contribution in [0, 0.1) is 6.92 Å². The maximum Gasteiger partial charge on any atom is 0.0856 e. The Morgan fingerprint density at radius 3 is 2.48 bits per heavy atom. The number of hydrogen-bond donors (Lipinski definition) is 1. The van der Waals surface area contributed by atoms with Gasteiger partial charge in [-0.1, -0.05) is 12.1 Å². The van der Waals surface area contributed by atoms with Gasteiger partial charge < -0.3 is 10.6 Å². The Labute approximate surface area is 132 Å². The van der Waals surface area contributed by atoms with Gasteiger partial charge in [0.15, 0.2) is 0 Å². The summed E-state index contributed by atoms with van der Waals surface area (Å²) in [5, 5.41) is 0. The van der Waals surface area contributed by atoms with Crippen LogP contribution in [0.15, 0.2) is 18.2 Å². The Balaban J connectivity index is 1.85. The zero-order chi connectivity index (χ0) is 14.7.